The van der Waals surface area contributed by atoms with Crippen molar-refractivity contribution in [1.29, 1.82) is 0 Å². The third-order valence-corrected chi connectivity index (χ3v) is 7.51. The Bertz CT molecular complexity index is 637. The molecule has 1 aromatic rings. The Hall–Kier alpha value is -1.28. The lowest BCUT2D eigenvalue weighted by Gasteiger charge is -2.53. The molecule has 0 spiro atoms. The van der Waals surface area contributed by atoms with Crippen LogP contribution in [0.3, 0.4) is 0 Å². The normalized spacial score (nSPS) is 41.7. The molecule has 0 radical (unpaired) electrons. The fourth-order valence-electron chi connectivity index (χ4n) is 6.25. The Morgan fingerprint density at radius 1 is 1.26 bits per heavy atom. The van der Waals surface area contributed by atoms with Crippen LogP contribution in [0.1, 0.15) is 62.5 Å². The minimum Gasteiger partial charge on any atom is -0.508 e. The van der Waals surface area contributed by atoms with Crippen molar-refractivity contribution in [2.24, 2.45) is 17.3 Å². The standard InChI is InChI=1S/C21H28O2/c1-3-10-21(23)12-9-19-18-6-4-14-13-15(22)5-7-16(14)17(18)8-11-20(19,21)2/h3,5,7,13,17-19,22-23H,1,4,6,8-12H2,2H3/t17-,18+,19+,20+,21+/m1/s1. The van der Waals surface area contributed by atoms with Gasteiger partial charge >= 0.3 is 0 Å². The molecule has 2 fully saturated rings. The minimum absolute atomic E-state index is 0.0385. The number of aryl methyl sites for hydroxylation is 1. The molecule has 0 unspecified atom stereocenters. The first kappa shape index (κ1) is 15.3. The molecule has 0 aromatic heterocycles. The average Bonchev–Trinajstić information content (AvgIpc) is 2.79. The fourth-order valence-corrected chi connectivity index (χ4v) is 6.25. The van der Waals surface area contributed by atoms with Crippen LogP contribution in [0.25, 0.3) is 0 Å². The Kier molecular flexibility index (Phi) is 3.39. The first-order valence-electron chi connectivity index (χ1n) is 9.13. The number of aromatic hydroxyl groups is 1. The summed E-state index contributed by atoms with van der Waals surface area (Å²) in [7, 11) is 0. The topological polar surface area (TPSA) is 40.5 Å². The van der Waals surface area contributed by atoms with Crippen molar-refractivity contribution in [3.8, 4) is 5.75 Å². The summed E-state index contributed by atoms with van der Waals surface area (Å²) in [5.74, 6) is 2.31. The number of phenols is 1. The van der Waals surface area contributed by atoms with Gasteiger partial charge in [0.2, 0.25) is 0 Å². The number of rotatable bonds is 2. The van der Waals surface area contributed by atoms with E-state index in [0.717, 1.165) is 38.5 Å². The largest absolute Gasteiger partial charge is 0.508 e. The molecule has 0 heterocycles. The highest BCUT2D eigenvalue weighted by atomic mass is 16.3. The highest BCUT2D eigenvalue weighted by Crippen LogP contribution is 2.65. The average molecular weight is 312 g/mol. The predicted octanol–water partition coefficient (Wildman–Crippen LogP) is 4.56. The number of phenolic OH excluding ortho intramolecular Hbond substituents is 1. The first-order chi connectivity index (χ1) is 11.0. The van der Waals surface area contributed by atoms with Gasteiger partial charge in [-0.2, -0.15) is 0 Å². The van der Waals surface area contributed by atoms with Crippen LogP contribution in [-0.2, 0) is 6.42 Å². The van der Waals surface area contributed by atoms with Gasteiger partial charge in [-0.3, -0.25) is 0 Å². The van der Waals surface area contributed by atoms with Crippen molar-refractivity contribution in [2.75, 3.05) is 0 Å². The fraction of sp³-hybridized carbons (Fsp3) is 0.619. The third-order valence-electron chi connectivity index (χ3n) is 7.51. The quantitative estimate of drug-likeness (QED) is 0.786. The SMILES string of the molecule is C=CC[C@]1(O)CC[C@H]2[C@H]3CCc4cc(O)ccc4[C@H]3CC[C@@]21C. The van der Waals surface area contributed by atoms with Gasteiger partial charge in [-0.05, 0) is 91.4 Å². The van der Waals surface area contributed by atoms with Crippen LogP contribution >= 0.6 is 0 Å². The molecule has 3 aliphatic rings. The summed E-state index contributed by atoms with van der Waals surface area (Å²) in [5.41, 5.74) is 2.28. The molecule has 3 aliphatic carbocycles. The van der Waals surface area contributed by atoms with Gasteiger partial charge in [-0.15, -0.1) is 6.58 Å². The van der Waals surface area contributed by atoms with Crippen molar-refractivity contribution < 1.29 is 10.2 Å². The van der Waals surface area contributed by atoms with Crippen molar-refractivity contribution in [2.45, 2.75) is 63.4 Å². The molecule has 2 N–H and O–H groups in total. The molecule has 2 saturated carbocycles. The maximum Gasteiger partial charge on any atom is 0.115 e. The Labute approximate surface area is 139 Å². The predicted molar refractivity (Wildman–Crippen MR) is 92.5 cm³/mol. The Morgan fingerprint density at radius 2 is 2.09 bits per heavy atom. The molecule has 2 heteroatoms. The van der Waals surface area contributed by atoms with Crippen molar-refractivity contribution >= 4 is 0 Å². The summed E-state index contributed by atoms with van der Waals surface area (Å²) in [6.45, 7) is 6.20. The third kappa shape index (κ3) is 2.04. The van der Waals surface area contributed by atoms with E-state index in [-0.39, 0.29) is 5.41 Å². The van der Waals surface area contributed by atoms with Gasteiger partial charge in [-0.25, -0.2) is 0 Å². The zero-order valence-corrected chi connectivity index (χ0v) is 14.1. The summed E-state index contributed by atoms with van der Waals surface area (Å²) in [4.78, 5) is 0. The first-order valence-corrected chi connectivity index (χ1v) is 9.13. The van der Waals surface area contributed by atoms with Gasteiger partial charge in [0.25, 0.3) is 0 Å². The summed E-state index contributed by atoms with van der Waals surface area (Å²) in [5, 5.41) is 21.0. The molecule has 1 aromatic carbocycles. The van der Waals surface area contributed by atoms with Gasteiger partial charge in [0.05, 0.1) is 5.60 Å². The minimum atomic E-state index is -0.556. The highest BCUT2D eigenvalue weighted by molar-refractivity contribution is 5.40. The van der Waals surface area contributed by atoms with Gasteiger partial charge in [0.1, 0.15) is 5.75 Å². The van der Waals surface area contributed by atoms with E-state index in [1.807, 2.05) is 18.2 Å². The van der Waals surface area contributed by atoms with E-state index in [2.05, 4.69) is 19.6 Å². The second-order valence-electron chi connectivity index (χ2n) is 8.32. The molecule has 23 heavy (non-hydrogen) atoms. The second-order valence-corrected chi connectivity index (χ2v) is 8.32. The van der Waals surface area contributed by atoms with E-state index in [1.165, 1.54) is 17.5 Å². The highest BCUT2D eigenvalue weighted by Gasteiger charge is 2.60. The summed E-state index contributed by atoms with van der Waals surface area (Å²) >= 11 is 0. The van der Waals surface area contributed by atoms with E-state index in [1.54, 1.807) is 0 Å². The van der Waals surface area contributed by atoms with Gasteiger partial charge in [0, 0.05) is 0 Å². The summed E-state index contributed by atoms with van der Waals surface area (Å²) in [6.07, 6.45) is 9.23. The zero-order valence-electron chi connectivity index (χ0n) is 14.1. The van der Waals surface area contributed by atoms with Crippen LogP contribution in [0.4, 0.5) is 0 Å². The van der Waals surface area contributed by atoms with E-state index in [0.29, 0.717) is 23.5 Å². The molecule has 0 aliphatic heterocycles. The lowest BCUT2D eigenvalue weighted by Crippen LogP contribution is -2.50. The lowest BCUT2D eigenvalue weighted by molar-refractivity contribution is -0.100. The molecular formula is C21H28O2. The molecule has 5 atom stereocenters. The molecule has 0 bridgehead atoms. The number of fused-ring (bicyclic) bond motifs is 5. The van der Waals surface area contributed by atoms with E-state index < -0.39 is 5.60 Å². The monoisotopic (exact) mass is 312 g/mol. The van der Waals surface area contributed by atoms with Crippen molar-refractivity contribution in [3.05, 3.63) is 42.0 Å². The van der Waals surface area contributed by atoms with Crippen LogP contribution in [0.2, 0.25) is 0 Å². The van der Waals surface area contributed by atoms with Crippen LogP contribution in [0.5, 0.6) is 5.75 Å². The number of hydrogen-bond acceptors (Lipinski definition) is 2. The van der Waals surface area contributed by atoms with Crippen LogP contribution < -0.4 is 0 Å². The van der Waals surface area contributed by atoms with E-state index in [4.69, 9.17) is 0 Å². The van der Waals surface area contributed by atoms with Crippen LogP contribution in [0, 0.1) is 17.3 Å². The number of benzene rings is 1. The van der Waals surface area contributed by atoms with Crippen LogP contribution in [0.15, 0.2) is 30.9 Å². The van der Waals surface area contributed by atoms with Crippen molar-refractivity contribution in [1.82, 2.24) is 0 Å². The number of hydrogen-bond donors (Lipinski definition) is 2. The second kappa shape index (κ2) is 5.11. The molecule has 2 nitrogen and oxygen atoms in total. The number of aliphatic hydroxyl groups is 1. The molecule has 4 rings (SSSR count). The summed E-state index contributed by atoms with van der Waals surface area (Å²) < 4.78 is 0. The maximum atomic E-state index is 11.3. The lowest BCUT2D eigenvalue weighted by atomic mass is 9.53. The molecule has 124 valence electrons. The van der Waals surface area contributed by atoms with E-state index in [9.17, 15) is 10.2 Å². The van der Waals surface area contributed by atoms with Gasteiger partial charge in [0.15, 0.2) is 0 Å². The molecule has 0 amide bonds. The van der Waals surface area contributed by atoms with Gasteiger partial charge in [-0.1, -0.05) is 19.1 Å². The molecule has 0 saturated heterocycles. The Morgan fingerprint density at radius 3 is 2.87 bits per heavy atom. The van der Waals surface area contributed by atoms with Crippen LogP contribution in [-0.4, -0.2) is 15.8 Å². The summed E-state index contributed by atoms with van der Waals surface area (Å²) in [6, 6.07) is 5.95. The maximum absolute atomic E-state index is 11.3. The van der Waals surface area contributed by atoms with Crippen molar-refractivity contribution in [3.63, 3.8) is 0 Å². The van der Waals surface area contributed by atoms with E-state index >= 15 is 0 Å². The van der Waals surface area contributed by atoms with Gasteiger partial charge < -0.3 is 10.2 Å². The Balaban J connectivity index is 1.68. The molecular weight excluding hydrogens is 284 g/mol. The zero-order chi connectivity index (χ0) is 16.2. The smallest absolute Gasteiger partial charge is 0.115 e.